The first-order valence-electron chi connectivity index (χ1n) is 10.9. The number of piperidine rings is 1. The highest BCUT2D eigenvalue weighted by Crippen LogP contribution is 2.29. The van der Waals surface area contributed by atoms with Gasteiger partial charge in [-0.3, -0.25) is 14.5 Å². The molecule has 160 valence electrons. The van der Waals surface area contributed by atoms with Crippen LogP contribution in [-0.4, -0.2) is 40.4 Å². The number of unbranched alkanes of at least 4 members (excludes halogenated alkanes) is 3. The summed E-state index contributed by atoms with van der Waals surface area (Å²) in [6.07, 6.45) is 6.57. The Morgan fingerprint density at radius 3 is 2.90 bits per heavy atom. The van der Waals surface area contributed by atoms with E-state index in [0.717, 1.165) is 47.6 Å². The maximum Gasteiger partial charge on any atom is 0.259 e. The van der Waals surface area contributed by atoms with E-state index in [9.17, 15) is 9.59 Å². The lowest BCUT2D eigenvalue weighted by atomic mass is 9.95. The van der Waals surface area contributed by atoms with Gasteiger partial charge in [-0.05, 0) is 52.1 Å². The fourth-order valence-corrected chi connectivity index (χ4v) is 5.16. The van der Waals surface area contributed by atoms with Crippen molar-refractivity contribution in [3.8, 4) is 0 Å². The van der Waals surface area contributed by atoms with E-state index in [0.29, 0.717) is 17.8 Å². The lowest BCUT2D eigenvalue weighted by Crippen LogP contribution is -2.44. The third-order valence-corrected chi connectivity index (χ3v) is 7.26. The highest BCUT2D eigenvalue weighted by atomic mass is 32.1. The zero-order chi connectivity index (χ0) is 21.0. The number of hydrogen-bond donors (Lipinski definition) is 2. The molecule has 0 spiro atoms. The zero-order valence-electron chi connectivity index (χ0n) is 18.1. The second kappa shape index (κ2) is 9.85. The minimum Gasteiger partial charge on any atom is -0.356 e. The summed E-state index contributed by atoms with van der Waals surface area (Å²) in [4.78, 5) is 37.2. The number of carbonyl (C=O) groups is 1. The predicted molar refractivity (Wildman–Crippen MR) is 120 cm³/mol. The Labute approximate surface area is 177 Å². The Morgan fingerprint density at radius 1 is 1.34 bits per heavy atom. The smallest absolute Gasteiger partial charge is 0.259 e. The Bertz CT molecular complexity index is 904. The maximum atomic E-state index is 12.6. The van der Waals surface area contributed by atoms with E-state index >= 15 is 0 Å². The summed E-state index contributed by atoms with van der Waals surface area (Å²) in [6.45, 7) is 10.7. The largest absolute Gasteiger partial charge is 0.356 e. The molecule has 1 saturated heterocycles. The Morgan fingerprint density at radius 2 is 2.14 bits per heavy atom. The van der Waals surface area contributed by atoms with Gasteiger partial charge in [-0.15, -0.1) is 11.3 Å². The monoisotopic (exact) mass is 418 g/mol. The number of hydrogen-bond acceptors (Lipinski definition) is 5. The minimum absolute atomic E-state index is 0.0130. The third kappa shape index (κ3) is 5.07. The van der Waals surface area contributed by atoms with Gasteiger partial charge in [0.15, 0.2) is 0 Å². The van der Waals surface area contributed by atoms with Crippen LogP contribution in [0.4, 0.5) is 0 Å². The lowest BCUT2D eigenvalue weighted by molar-refractivity contribution is -0.127. The Balaban J connectivity index is 1.65. The molecule has 7 heteroatoms. The van der Waals surface area contributed by atoms with E-state index in [-0.39, 0.29) is 23.4 Å². The van der Waals surface area contributed by atoms with Crippen LogP contribution in [-0.2, 0) is 4.79 Å². The highest BCUT2D eigenvalue weighted by Gasteiger charge is 2.29. The fourth-order valence-electron chi connectivity index (χ4n) is 4.12. The molecule has 2 aromatic rings. The van der Waals surface area contributed by atoms with Crippen LogP contribution in [0.5, 0.6) is 0 Å². The van der Waals surface area contributed by atoms with Crippen LogP contribution in [0.2, 0.25) is 0 Å². The van der Waals surface area contributed by atoms with Gasteiger partial charge in [-0.1, -0.05) is 26.2 Å². The molecule has 1 fully saturated rings. The average Bonchev–Trinajstić information content (AvgIpc) is 3.01. The molecule has 3 heterocycles. The quantitative estimate of drug-likeness (QED) is 0.634. The van der Waals surface area contributed by atoms with Gasteiger partial charge in [0.05, 0.1) is 17.3 Å². The van der Waals surface area contributed by atoms with E-state index in [1.54, 1.807) is 11.3 Å². The number of aromatic nitrogens is 2. The van der Waals surface area contributed by atoms with Crippen molar-refractivity contribution in [3.63, 3.8) is 0 Å². The summed E-state index contributed by atoms with van der Waals surface area (Å²) >= 11 is 1.58. The number of nitrogens with zero attached hydrogens (tertiary/aromatic N) is 2. The van der Waals surface area contributed by atoms with E-state index in [4.69, 9.17) is 4.98 Å². The number of nitrogens with one attached hydrogen (secondary N) is 2. The van der Waals surface area contributed by atoms with Crippen molar-refractivity contribution >= 4 is 27.5 Å². The van der Waals surface area contributed by atoms with Crippen molar-refractivity contribution < 1.29 is 4.79 Å². The number of carbonyl (C=O) groups excluding carboxylic acids is 1. The van der Waals surface area contributed by atoms with E-state index < -0.39 is 0 Å². The van der Waals surface area contributed by atoms with Gasteiger partial charge >= 0.3 is 0 Å². The molecule has 0 bridgehead atoms. The van der Waals surface area contributed by atoms with E-state index in [1.165, 1.54) is 19.3 Å². The topological polar surface area (TPSA) is 78.1 Å². The summed E-state index contributed by atoms with van der Waals surface area (Å²) in [5, 5.41) is 3.83. The van der Waals surface area contributed by atoms with Crippen LogP contribution < -0.4 is 10.9 Å². The standard InChI is InChI=1S/C22H34N4O2S/c1-5-6-7-8-11-23-20(27)17-10-9-12-26(13-17)15(3)19-24-21(28)18-14(2)16(4)29-22(18)25-19/h15,17H,5-13H2,1-4H3,(H,23,27)(H,24,25,28)/t15-,17+/m0/s1. The SMILES string of the molecule is CCCCCCNC(=O)[C@@H]1CCCN([C@@H](C)c2nc3sc(C)c(C)c3c(=O)[nH]2)C1. The van der Waals surface area contributed by atoms with Crippen LogP contribution in [0, 0.1) is 19.8 Å². The number of rotatable bonds is 8. The molecule has 3 rings (SSSR count). The van der Waals surface area contributed by atoms with Gasteiger partial charge < -0.3 is 10.3 Å². The van der Waals surface area contributed by atoms with Gasteiger partial charge in [0.1, 0.15) is 10.7 Å². The summed E-state index contributed by atoms with van der Waals surface area (Å²) < 4.78 is 0. The first-order valence-corrected chi connectivity index (χ1v) is 11.8. The first kappa shape index (κ1) is 22.0. The van der Waals surface area contributed by atoms with Gasteiger partial charge in [-0.25, -0.2) is 4.98 Å². The number of aryl methyl sites for hydroxylation is 2. The van der Waals surface area contributed by atoms with E-state index in [1.807, 2.05) is 13.8 Å². The van der Waals surface area contributed by atoms with E-state index in [2.05, 4.69) is 29.0 Å². The van der Waals surface area contributed by atoms with Gasteiger partial charge in [0.2, 0.25) is 5.91 Å². The summed E-state index contributed by atoms with van der Waals surface area (Å²) in [6, 6.07) is -0.0185. The van der Waals surface area contributed by atoms with Gasteiger partial charge in [0, 0.05) is 18.0 Å². The van der Waals surface area contributed by atoms with Crippen molar-refractivity contribution in [2.75, 3.05) is 19.6 Å². The Kier molecular flexibility index (Phi) is 7.46. The second-order valence-electron chi connectivity index (χ2n) is 8.28. The molecule has 2 aromatic heterocycles. The summed E-state index contributed by atoms with van der Waals surface area (Å²) in [5.41, 5.74) is 0.962. The number of fused-ring (bicyclic) bond motifs is 1. The van der Waals surface area contributed by atoms with Crippen molar-refractivity contribution in [3.05, 3.63) is 26.6 Å². The molecular weight excluding hydrogens is 384 g/mol. The van der Waals surface area contributed by atoms with Crippen molar-refractivity contribution in [2.24, 2.45) is 5.92 Å². The molecule has 29 heavy (non-hydrogen) atoms. The number of thiophene rings is 1. The number of aromatic amines is 1. The van der Waals surface area contributed by atoms with Crippen LogP contribution in [0.1, 0.15) is 74.7 Å². The minimum atomic E-state index is -0.0583. The van der Waals surface area contributed by atoms with Crippen LogP contribution in [0.3, 0.4) is 0 Å². The fraction of sp³-hybridized carbons (Fsp3) is 0.682. The molecule has 0 unspecified atom stereocenters. The van der Waals surface area contributed by atoms with Crippen molar-refractivity contribution in [1.29, 1.82) is 0 Å². The zero-order valence-corrected chi connectivity index (χ0v) is 19.0. The summed E-state index contributed by atoms with van der Waals surface area (Å²) in [7, 11) is 0. The molecule has 6 nitrogen and oxygen atoms in total. The molecule has 0 aliphatic carbocycles. The molecule has 2 N–H and O–H groups in total. The molecule has 0 radical (unpaired) electrons. The van der Waals surface area contributed by atoms with Gasteiger partial charge in [0.25, 0.3) is 5.56 Å². The normalized spacial score (nSPS) is 18.8. The van der Waals surface area contributed by atoms with Crippen LogP contribution >= 0.6 is 11.3 Å². The third-order valence-electron chi connectivity index (χ3n) is 6.15. The van der Waals surface area contributed by atoms with Crippen LogP contribution in [0.15, 0.2) is 4.79 Å². The number of likely N-dealkylation sites (tertiary alicyclic amines) is 1. The van der Waals surface area contributed by atoms with Gasteiger partial charge in [-0.2, -0.15) is 0 Å². The van der Waals surface area contributed by atoms with Crippen molar-refractivity contribution in [1.82, 2.24) is 20.2 Å². The highest BCUT2D eigenvalue weighted by molar-refractivity contribution is 7.18. The first-order chi connectivity index (χ1) is 13.9. The molecule has 0 saturated carbocycles. The molecule has 2 atom stereocenters. The Hall–Kier alpha value is -1.73. The lowest BCUT2D eigenvalue weighted by Gasteiger charge is -2.35. The molecular formula is C22H34N4O2S. The van der Waals surface area contributed by atoms with Crippen molar-refractivity contribution in [2.45, 2.75) is 72.3 Å². The second-order valence-corrected chi connectivity index (χ2v) is 9.48. The molecule has 1 aliphatic rings. The summed E-state index contributed by atoms with van der Waals surface area (Å²) in [5.74, 6) is 0.878. The molecule has 0 aromatic carbocycles. The number of amides is 1. The number of H-pyrrole nitrogens is 1. The van der Waals surface area contributed by atoms with Crippen LogP contribution in [0.25, 0.3) is 10.2 Å². The predicted octanol–water partition coefficient (Wildman–Crippen LogP) is 4.07. The average molecular weight is 419 g/mol. The molecule has 1 aliphatic heterocycles. The molecule has 1 amide bonds. The maximum absolute atomic E-state index is 12.6.